The van der Waals surface area contributed by atoms with E-state index in [-0.39, 0.29) is 0 Å². The zero-order chi connectivity index (χ0) is 8.06. The molecule has 0 radical (unpaired) electrons. The fourth-order valence-corrected chi connectivity index (χ4v) is 1.95. The van der Waals surface area contributed by atoms with Crippen LogP contribution < -0.4 is 5.32 Å². The van der Waals surface area contributed by atoms with Crippen LogP contribution in [-0.4, -0.2) is 24.8 Å². The highest BCUT2D eigenvalue weighted by Crippen LogP contribution is 2.50. The topological polar surface area (TPSA) is 32.3 Å². The molecule has 2 N–H and O–H groups in total. The SMILES string of the molecule is [2H]C([2H])(O)C[C@H]1[C@@H]2CNC[C@@H]21. The Morgan fingerprint density at radius 2 is 2.22 bits per heavy atom. The minimum Gasteiger partial charge on any atom is -0.396 e. The molecule has 2 fully saturated rings. The third kappa shape index (κ3) is 0.775. The fraction of sp³-hybridized carbons (Fsp3) is 1.00. The number of hydrogen-bond donors (Lipinski definition) is 2. The number of hydrogen-bond acceptors (Lipinski definition) is 2. The van der Waals surface area contributed by atoms with Gasteiger partial charge in [0, 0.05) is 6.56 Å². The summed E-state index contributed by atoms with van der Waals surface area (Å²) in [7, 11) is 0. The predicted octanol–water partition coefficient (Wildman–Crippen LogP) is -0.166. The fourth-order valence-electron chi connectivity index (χ4n) is 1.95. The van der Waals surface area contributed by atoms with E-state index in [2.05, 4.69) is 5.32 Å². The highest BCUT2D eigenvalue weighted by atomic mass is 16.3. The van der Waals surface area contributed by atoms with Crippen molar-refractivity contribution in [3.05, 3.63) is 0 Å². The first kappa shape index (κ1) is 3.94. The molecule has 0 bridgehead atoms. The molecule has 1 saturated heterocycles. The zero-order valence-corrected chi connectivity index (χ0v) is 5.30. The Hall–Kier alpha value is -0.0800. The number of aliphatic hydroxyl groups is 1. The maximum atomic E-state index is 8.90. The Kier molecular flexibility index (Phi) is 0.856. The molecular weight excluding hydrogens is 114 g/mol. The number of nitrogens with one attached hydrogen (secondary N) is 1. The van der Waals surface area contributed by atoms with E-state index in [9.17, 15) is 0 Å². The van der Waals surface area contributed by atoms with Gasteiger partial charge in [-0.3, -0.25) is 0 Å². The minimum absolute atomic E-state index is 0.323. The summed E-state index contributed by atoms with van der Waals surface area (Å²) in [6.07, 6.45) is 0.323. The number of fused-ring (bicyclic) bond motifs is 1. The summed E-state index contributed by atoms with van der Waals surface area (Å²) < 4.78 is 14.0. The highest BCUT2D eigenvalue weighted by molar-refractivity contribution is 5.03. The summed E-state index contributed by atoms with van der Waals surface area (Å²) in [5.74, 6) is 1.74. The van der Waals surface area contributed by atoms with Gasteiger partial charge in [0.2, 0.25) is 0 Å². The lowest BCUT2D eigenvalue weighted by atomic mass is 10.2. The van der Waals surface area contributed by atoms with E-state index in [4.69, 9.17) is 7.85 Å². The lowest BCUT2D eigenvalue weighted by molar-refractivity contribution is 0.272. The largest absolute Gasteiger partial charge is 0.396 e. The molecule has 1 aliphatic carbocycles. The van der Waals surface area contributed by atoms with Crippen LogP contribution in [0.2, 0.25) is 0 Å². The zero-order valence-electron chi connectivity index (χ0n) is 7.30. The Bertz CT molecular complexity index is 158. The molecule has 0 aromatic heterocycles. The Morgan fingerprint density at radius 3 is 2.78 bits per heavy atom. The molecule has 1 heterocycles. The van der Waals surface area contributed by atoms with Crippen molar-refractivity contribution in [2.24, 2.45) is 17.8 Å². The van der Waals surface area contributed by atoms with Gasteiger partial charge < -0.3 is 10.4 Å². The van der Waals surface area contributed by atoms with E-state index < -0.39 is 6.56 Å². The molecule has 3 atom stereocenters. The van der Waals surface area contributed by atoms with Gasteiger partial charge in [-0.15, -0.1) is 0 Å². The van der Waals surface area contributed by atoms with Crippen LogP contribution >= 0.6 is 0 Å². The number of rotatable bonds is 2. The molecule has 0 spiro atoms. The normalized spacial score (nSPS) is 51.9. The molecule has 0 amide bonds. The van der Waals surface area contributed by atoms with Crippen molar-refractivity contribution in [3.63, 3.8) is 0 Å². The quantitative estimate of drug-likeness (QED) is 0.542. The van der Waals surface area contributed by atoms with Crippen molar-refractivity contribution in [1.29, 1.82) is 0 Å². The van der Waals surface area contributed by atoms with Gasteiger partial charge >= 0.3 is 0 Å². The van der Waals surface area contributed by atoms with Crippen molar-refractivity contribution < 1.29 is 7.85 Å². The average Bonchev–Trinajstić information content (AvgIpc) is 2.39. The van der Waals surface area contributed by atoms with E-state index in [1.165, 1.54) is 0 Å². The van der Waals surface area contributed by atoms with Crippen LogP contribution in [0.3, 0.4) is 0 Å². The molecular formula is C7H13NO. The lowest BCUT2D eigenvalue weighted by Gasteiger charge is -1.99. The standard InChI is InChI=1S/C7H13NO/c9-2-1-5-6-3-8-4-7(5)6/h5-9H,1-4H2/t5-,6-,7+/i2D2. The van der Waals surface area contributed by atoms with E-state index in [1.807, 2.05) is 0 Å². The van der Waals surface area contributed by atoms with Crippen molar-refractivity contribution in [2.45, 2.75) is 6.42 Å². The maximum Gasteiger partial charge on any atom is 0.0564 e. The Balaban J connectivity index is 1.83. The van der Waals surface area contributed by atoms with Gasteiger partial charge in [0.1, 0.15) is 0 Å². The molecule has 2 rings (SSSR count). The predicted molar refractivity (Wildman–Crippen MR) is 35.0 cm³/mol. The van der Waals surface area contributed by atoms with E-state index in [0.29, 0.717) is 24.2 Å². The minimum atomic E-state index is -1.95. The molecule has 1 aliphatic heterocycles. The Morgan fingerprint density at radius 1 is 1.56 bits per heavy atom. The molecule has 1 saturated carbocycles. The highest BCUT2D eigenvalue weighted by Gasteiger charge is 2.51. The molecule has 2 aliphatic rings. The van der Waals surface area contributed by atoms with Crippen LogP contribution in [-0.2, 0) is 0 Å². The lowest BCUT2D eigenvalue weighted by Crippen LogP contribution is -2.14. The summed E-state index contributed by atoms with van der Waals surface area (Å²) in [5, 5.41) is 12.1. The summed E-state index contributed by atoms with van der Waals surface area (Å²) in [5.41, 5.74) is 0. The average molecular weight is 129 g/mol. The first-order valence-electron chi connectivity index (χ1n) is 4.51. The monoisotopic (exact) mass is 129 g/mol. The van der Waals surface area contributed by atoms with Gasteiger partial charge in [0.15, 0.2) is 0 Å². The van der Waals surface area contributed by atoms with E-state index in [1.54, 1.807) is 0 Å². The smallest absolute Gasteiger partial charge is 0.0564 e. The van der Waals surface area contributed by atoms with Crippen LogP contribution in [0.4, 0.5) is 0 Å². The summed E-state index contributed by atoms with van der Waals surface area (Å²) in [4.78, 5) is 0. The summed E-state index contributed by atoms with van der Waals surface area (Å²) >= 11 is 0. The first-order valence-corrected chi connectivity index (χ1v) is 3.51. The molecule has 0 aromatic carbocycles. The second-order valence-electron chi connectivity index (χ2n) is 3.01. The van der Waals surface area contributed by atoms with Gasteiger partial charge in [-0.05, 0) is 37.3 Å². The van der Waals surface area contributed by atoms with E-state index >= 15 is 0 Å². The summed E-state index contributed by atoms with van der Waals surface area (Å²) in [6.45, 7) is 0.0891. The third-order valence-corrected chi connectivity index (χ3v) is 2.60. The van der Waals surface area contributed by atoms with Gasteiger partial charge in [-0.25, -0.2) is 0 Å². The maximum absolute atomic E-state index is 8.90. The van der Waals surface area contributed by atoms with Crippen molar-refractivity contribution in [1.82, 2.24) is 5.32 Å². The molecule has 2 heteroatoms. The van der Waals surface area contributed by atoms with Crippen LogP contribution in [0, 0.1) is 17.8 Å². The van der Waals surface area contributed by atoms with E-state index in [0.717, 1.165) is 13.1 Å². The van der Waals surface area contributed by atoms with Crippen LogP contribution in [0.1, 0.15) is 9.16 Å². The third-order valence-electron chi connectivity index (χ3n) is 2.60. The first-order chi connectivity index (χ1) is 5.08. The summed E-state index contributed by atoms with van der Waals surface area (Å²) in [6, 6.07) is 0. The molecule has 0 unspecified atom stereocenters. The van der Waals surface area contributed by atoms with Crippen LogP contribution in [0.5, 0.6) is 0 Å². The van der Waals surface area contributed by atoms with Gasteiger partial charge in [-0.1, -0.05) is 0 Å². The van der Waals surface area contributed by atoms with Crippen molar-refractivity contribution in [3.8, 4) is 0 Å². The molecule has 2 nitrogen and oxygen atoms in total. The molecule has 0 aromatic rings. The van der Waals surface area contributed by atoms with Crippen molar-refractivity contribution in [2.75, 3.05) is 19.6 Å². The molecule has 52 valence electrons. The Labute approximate surface area is 58.1 Å². The second kappa shape index (κ2) is 1.96. The second-order valence-corrected chi connectivity index (χ2v) is 3.01. The van der Waals surface area contributed by atoms with Gasteiger partial charge in [0.05, 0.1) is 2.74 Å². The molecule has 9 heavy (non-hydrogen) atoms. The van der Waals surface area contributed by atoms with Crippen LogP contribution in [0.15, 0.2) is 0 Å². The van der Waals surface area contributed by atoms with Crippen molar-refractivity contribution >= 4 is 0 Å². The van der Waals surface area contributed by atoms with Gasteiger partial charge in [-0.2, -0.15) is 0 Å². The van der Waals surface area contributed by atoms with Gasteiger partial charge in [0.25, 0.3) is 0 Å². The van der Waals surface area contributed by atoms with Crippen LogP contribution in [0.25, 0.3) is 0 Å². The number of piperidine rings is 1.